The fourth-order valence-corrected chi connectivity index (χ4v) is 6.46. The van der Waals surface area contributed by atoms with Crippen molar-refractivity contribution in [2.75, 3.05) is 25.0 Å². The quantitative estimate of drug-likeness (QED) is 0.615. The summed E-state index contributed by atoms with van der Waals surface area (Å²) in [4.78, 5) is 28.8. The molecule has 0 saturated carbocycles. The number of carbonyl (C=O) groups is 2. The number of aromatic nitrogens is 1. The zero-order valence-electron chi connectivity index (χ0n) is 18.0. The van der Waals surface area contributed by atoms with Gasteiger partial charge in [-0.25, -0.2) is 13.4 Å². The molecule has 0 radical (unpaired) electrons. The zero-order chi connectivity index (χ0) is 22.7. The first kappa shape index (κ1) is 22.9. The number of sulfonamides is 1. The number of rotatable bonds is 7. The molecule has 4 rings (SSSR count). The highest BCUT2D eigenvalue weighted by molar-refractivity contribution is 7.89. The number of hydrogen-bond acceptors (Lipinski definition) is 7. The van der Waals surface area contributed by atoms with Crippen LogP contribution < -0.4 is 5.32 Å². The van der Waals surface area contributed by atoms with E-state index in [-0.39, 0.29) is 24.2 Å². The molecule has 2 heterocycles. The van der Waals surface area contributed by atoms with Crippen molar-refractivity contribution >= 4 is 38.4 Å². The van der Waals surface area contributed by atoms with Crippen LogP contribution in [0.3, 0.4) is 0 Å². The van der Waals surface area contributed by atoms with Gasteiger partial charge in [0, 0.05) is 24.4 Å². The Balaban J connectivity index is 1.32. The average Bonchev–Trinajstić information content (AvgIpc) is 3.42. The molecule has 1 aliphatic carbocycles. The van der Waals surface area contributed by atoms with Gasteiger partial charge in [0.1, 0.15) is 0 Å². The highest BCUT2D eigenvalue weighted by Crippen LogP contribution is 2.29. The molecule has 1 fully saturated rings. The van der Waals surface area contributed by atoms with Gasteiger partial charge in [-0.05, 0) is 62.3 Å². The number of fused-ring (bicyclic) bond motifs is 1. The van der Waals surface area contributed by atoms with Gasteiger partial charge in [-0.2, -0.15) is 4.31 Å². The second-order valence-electron chi connectivity index (χ2n) is 8.08. The minimum Gasteiger partial charge on any atom is -0.466 e. The van der Waals surface area contributed by atoms with E-state index >= 15 is 0 Å². The van der Waals surface area contributed by atoms with Crippen molar-refractivity contribution in [1.82, 2.24) is 9.29 Å². The van der Waals surface area contributed by atoms with Crippen molar-refractivity contribution < 1.29 is 22.7 Å². The molecule has 0 atom stereocenters. The molecule has 8 nitrogen and oxygen atoms in total. The van der Waals surface area contributed by atoms with Gasteiger partial charge in [0.25, 0.3) is 0 Å². The summed E-state index contributed by atoms with van der Waals surface area (Å²) in [6, 6.07) is 5.45. The standard InChI is InChI=1S/C22H27N3O5S2/c1-2-30-20(26)13-18-14-31-22(23-18)24-21(27)16-8-10-25(11-9-16)32(28,29)19-7-6-15-4-3-5-17(15)12-19/h6-7,12,14,16H,2-5,8-11,13H2,1H3,(H,23,24,27). The van der Waals surface area contributed by atoms with Gasteiger partial charge in [-0.3, -0.25) is 9.59 Å². The summed E-state index contributed by atoms with van der Waals surface area (Å²) in [6.45, 7) is 2.67. The number of nitrogens with one attached hydrogen (secondary N) is 1. The number of thiazole rings is 1. The van der Waals surface area contributed by atoms with Crippen LogP contribution in [0.1, 0.15) is 43.0 Å². The van der Waals surface area contributed by atoms with E-state index < -0.39 is 10.0 Å². The molecule has 32 heavy (non-hydrogen) atoms. The third-order valence-electron chi connectivity index (χ3n) is 5.95. The van der Waals surface area contributed by atoms with Gasteiger partial charge in [0.05, 0.1) is 23.6 Å². The number of esters is 1. The lowest BCUT2D eigenvalue weighted by molar-refractivity contribution is -0.142. The molecule has 2 aliphatic rings. The fourth-order valence-electron chi connectivity index (χ4n) is 4.23. The maximum atomic E-state index is 13.1. The van der Waals surface area contributed by atoms with Crippen LogP contribution in [0.4, 0.5) is 5.13 Å². The van der Waals surface area contributed by atoms with Crippen LogP contribution in [0.2, 0.25) is 0 Å². The Hall–Kier alpha value is -2.30. The summed E-state index contributed by atoms with van der Waals surface area (Å²) in [5.41, 5.74) is 2.93. The molecule has 1 amide bonds. The number of aryl methyl sites for hydroxylation is 2. The lowest BCUT2D eigenvalue weighted by Crippen LogP contribution is -2.41. The largest absolute Gasteiger partial charge is 0.466 e. The summed E-state index contributed by atoms with van der Waals surface area (Å²) in [5.74, 6) is -0.803. The van der Waals surface area contributed by atoms with Crippen molar-refractivity contribution in [1.29, 1.82) is 0 Å². The summed E-state index contributed by atoms with van der Waals surface area (Å²) >= 11 is 1.26. The Morgan fingerprint density at radius 2 is 1.97 bits per heavy atom. The number of anilines is 1. The maximum Gasteiger partial charge on any atom is 0.311 e. The van der Waals surface area contributed by atoms with Crippen molar-refractivity contribution in [3.05, 3.63) is 40.4 Å². The van der Waals surface area contributed by atoms with E-state index in [9.17, 15) is 18.0 Å². The number of amides is 1. The molecule has 1 saturated heterocycles. The highest BCUT2D eigenvalue weighted by Gasteiger charge is 2.33. The zero-order valence-corrected chi connectivity index (χ0v) is 19.6. The lowest BCUT2D eigenvalue weighted by Gasteiger charge is -2.30. The second-order valence-corrected chi connectivity index (χ2v) is 10.9. The minimum atomic E-state index is -3.56. The molecule has 1 aromatic carbocycles. The predicted molar refractivity (Wildman–Crippen MR) is 121 cm³/mol. The minimum absolute atomic E-state index is 0.0686. The smallest absolute Gasteiger partial charge is 0.311 e. The van der Waals surface area contributed by atoms with Crippen LogP contribution in [0.15, 0.2) is 28.5 Å². The molecule has 1 aliphatic heterocycles. The molecule has 10 heteroatoms. The van der Waals surface area contributed by atoms with Crippen LogP contribution in [0, 0.1) is 5.92 Å². The molecular weight excluding hydrogens is 450 g/mol. The van der Waals surface area contributed by atoms with Crippen molar-refractivity contribution in [3.8, 4) is 0 Å². The van der Waals surface area contributed by atoms with E-state index in [1.54, 1.807) is 18.4 Å². The van der Waals surface area contributed by atoms with Crippen molar-refractivity contribution in [2.45, 2.75) is 50.3 Å². The number of piperidine rings is 1. The molecular formula is C22H27N3O5S2. The third-order valence-corrected chi connectivity index (χ3v) is 8.65. The van der Waals surface area contributed by atoms with Gasteiger partial charge in [0.2, 0.25) is 15.9 Å². The monoisotopic (exact) mass is 477 g/mol. The SMILES string of the molecule is CCOC(=O)Cc1csc(NC(=O)C2CCN(S(=O)(=O)c3ccc4c(c3)CCC4)CC2)n1. The molecule has 2 aromatic rings. The van der Waals surface area contributed by atoms with Gasteiger partial charge >= 0.3 is 5.97 Å². The number of nitrogens with zero attached hydrogens (tertiary/aromatic N) is 2. The average molecular weight is 478 g/mol. The molecule has 172 valence electrons. The highest BCUT2D eigenvalue weighted by atomic mass is 32.2. The number of carbonyl (C=O) groups excluding carboxylic acids is 2. The molecule has 1 aromatic heterocycles. The first-order valence-electron chi connectivity index (χ1n) is 10.9. The first-order valence-corrected chi connectivity index (χ1v) is 13.2. The van der Waals surface area contributed by atoms with E-state index in [1.165, 1.54) is 21.2 Å². The topological polar surface area (TPSA) is 106 Å². The van der Waals surface area contributed by atoms with E-state index in [1.807, 2.05) is 12.1 Å². The van der Waals surface area contributed by atoms with Gasteiger partial charge in [0.15, 0.2) is 5.13 Å². The maximum absolute atomic E-state index is 13.1. The van der Waals surface area contributed by atoms with Crippen LogP contribution in [0.25, 0.3) is 0 Å². The van der Waals surface area contributed by atoms with Gasteiger partial charge in [-0.15, -0.1) is 11.3 Å². The third kappa shape index (κ3) is 5.02. The van der Waals surface area contributed by atoms with E-state index in [4.69, 9.17) is 4.74 Å². The summed E-state index contributed by atoms with van der Waals surface area (Å²) in [6.07, 6.45) is 3.99. The van der Waals surface area contributed by atoms with Crippen molar-refractivity contribution in [2.24, 2.45) is 5.92 Å². The fraction of sp³-hybridized carbons (Fsp3) is 0.500. The number of benzene rings is 1. The van der Waals surface area contributed by atoms with Gasteiger partial charge < -0.3 is 10.1 Å². The Kier molecular flexibility index (Phi) is 6.92. The second kappa shape index (κ2) is 9.68. The number of ether oxygens (including phenoxy) is 1. The number of hydrogen-bond donors (Lipinski definition) is 1. The van der Waals surface area contributed by atoms with E-state index in [2.05, 4.69) is 10.3 Å². The predicted octanol–water partition coefficient (Wildman–Crippen LogP) is 2.78. The van der Waals surface area contributed by atoms with E-state index in [0.717, 1.165) is 24.8 Å². The van der Waals surface area contributed by atoms with Crippen LogP contribution >= 0.6 is 11.3 Å². The Bertz CT molecular complexity index is 1100. The summed E-state index contributed by atoms with van der Waals surface area (Å²) in [7, 11) is -3.56. The molecule has 0 unspecified atom stereocenters. The Morgan fingerprint density at radius 3 is 2.72 bits per heavy atom. The van der Waals surface area contributed by atoms with Crippen LogP contribution in [0.5, 0.6) is 0 Å². The van der Waals surface area contributed by atoms with E-state index in [0.29, 0.717) is 48.3 Å². The molecule has 0 spiro atoms. The first-order chi connectivity index (χ1) is 15.4. The summed E-state index contributed by atoms with van der Waals surface area (Å²) in [5, 5.41) is 4.95. The van der Waals surface area contributed by atoms with Crippen LogP contribution in [-0.2, 0) is 43.6 Å². The molecule has 0 bridgehead atoms. The van der Waals surface area contributed by atoms with Crippen molar-refractivity contribution in [3.63, 3.8) is 0 Å². The lowest BCUT2D eigenvalue weighted by atomic mass is 9.97. The summed E-state index contributed by atoms with van der Waals surface area (Å²) < 4.78 is 32.5. The molecule has 1 N–H and O–H groups in total. The Labute approximate surface area is 192 Å². The normalized spacial score (nSPS) is 17.2. The van der Waals surface area contributed by atoms with Crippen LogP contribution in [-0.4, -0.2) is 49.3 Å². The van der Waals surface area contributed by atoms with Gasteiger partial charge in [-0.1, -0.05) is 6.07 Å². The Morgan fingerprint density at radius 1 is 1.22 bits per heavy atom.